The molecule has 1 aliphatic rings. The Kier molecular flexibility index (Phi) is 9.74. The van der Waals surface area contributed by atoms with Crippen molar-refractivity contribution in [1.29, 1.82) is 0 Å². The van der Waals surface area contributed by atoms with Gasteiger partial charge in [-0.15, -0.1) is 11.8 Å². The molecule has 38 heavy (non-hydrogen) atoms. The zero-order valence-corrected chi connectivity index (χ0v) is 23.4. The Morgan fingerprint density at radius 1 is 1.21 bits per heavy atom. The number of aliphatic carboxylic acids is 1. The van der Waals surface area contributed by atoms with Crippen LogP contribution in [-0.4, -0.2) is 60.6 Å². The van der Waals surface area contributed by atoms with Crippen molar-refractivity contribution >= 4 is 40.2 Å². The molecule has 1 saturated heterocycles. The fourth-order valence-electron chi connectivity index (χ4n) is 5.30. The van der Waals surface area contributed by atoms with Crippen LogP contribution in [0.1, 0.15) is 43.8 Å². The molecule has 204 valence electrons. The van der Waals surface area contributed by atoms with E-state index < -0.39 is 17.6 Å². The number of fused-ring (bicyclic) bond motifs is 1. The molecule has 0 unspecified atom stereocenters. The van der Waals surface area contributed by atoms with Gasteiger partial charge in [0.1, 0.15) is 17.7 Å². The molecular weight excluding hydrogens is 527 g/mol. The first-order valence-electron chi connectivity index (χ1n) is 12.8. The first-order valence-corrected chi connectivity index (χ1v) is 14.2. The van der Waals surface area contributed by atoms with Gasteiger partial charge in [-0.1, -0.05) is 23.7 Å². The molecule has 6 nitrogen and oxygen atoms in total. The normalized spacial score (nSPS) is 16.3. The van der Waals surface area contributed by atoms with E-state index in [4.69, 9.17) is 21.1 Å². The Morgan fingerprint density at radius 2 is 1.97 bits per heavy atom. The summed E-state index contributed by atoms with van der Waals surface area (Å²) in [7, 11) is 3.24. The summed E-state index contributed by atoms with van der Waals surface area (Å²) in [6, 6.07) is 13.3. The highest BCUT2D eigenvalue weighted by Gasteiger charge is 2.37. The van der Waals surface area contributed by atoms with E-state index in [1.165, 1.54) is 6.20 Å². The second-order valence-corrected chi connectivity index (χ2v) is 11.4. The van der Waals surface area contributed by atoms with Crippen LogP contribution in [0.5, 0.6) is 11.5 Å². The number of ether oxygens (including phenoxy) is 2. The quantitative estimate of drug-likeness (QED) is 0.238. The number of piperidine rings is 1. The van der Waals surface area contributed by atoms with Gasteiger partial charge in [-0.25, -0.2) is 4.39 Å². The maximum absolute atomic E-state index is 15.8. The number of nitrogens with zero attached hydrogens (tertiary/aromatic N) is 2. The number of carboxylic acid groups (broad SMARTS) is 1. The molecule has 0 bridgehead atoms. The summed E-state index contributed by atoms with van der Waals surface area (Å²) in [5, 5.41) is 10.6. The Hall–Kier alpha value is -2.55. The molecule has 0 saturated carbocycles. The topological polar surface area (TPSA) is 71.9 Å². The molecule has 1 N–H and O–H groups in total. The third-order valence-corrected chi connectivity index (χ3v) is 8.82. The van der Waals surface area contributed by atoms with Crippen LogP contribution in [-0.2, 0) is 4.79 Å². The molecule has 0 aliphatic carbocycles. The van der Waals surface area contributed by atoms with E-state index in [2.05, 4.69) is 16.0 Å². The molecule has 4 rings (SSSR count). The maximum atomic E-state index is 15.8. The lowest BCUT2D eigenvalue weighted by atomic mass is 9.71. The summed E-state index contributed by atoms with van der Waals surface area (Å²) >= 11 is 8.17. The summed E-state index contributed by atoms with van der Waals surface area (Å²) in [4.78, 5) is 19.6. The van der Waals surface area contributed by atoms with Crippen molar-refractivity contribution in [3.63, 3.8) is 0 Å². The van der Waals surface area contributed by atoms with E-state index in [0.717, 1.165) is 48.9 Å². The minimum atomic E-state index is -1.33. The predicted octanol–water partition coefficient (Wildman–Crippen LogP) is 7.05. The van der Waals surface area contributed by atoms with Gasteiger partial charge in [0.2, 0.25) is 0 Å². The summed E-state index contributed by atoms with van der Waals surface area (Å²) in [6.07, 6.45) is 2.32. The molecule has 1 atom stereocenters. The van der Waals surface area contributed by atoms with Crippen molar-refractivity contribution in [2.75, 3.05) is 39.6 Å². The van der Waals surface area contributed by atoms with E-state index >= 15 is 4.39 Å². The number of hydrogen-bond donors (Lipinski definition) is 1. The monoisotopic (exact) mass is 560 g/mol. The Labute approximate surface area is 232 Å². The van der Waals surface area contributed by atoms with Gasteiger partial charge in [0.15, 0.2) is 0 Å². The van der Waals surface area contributed by atoms with Crippen LogP contribution in [0.4, 0.5) is 4.39 Å². The fraction of sp³-hybridized carbons (Fsp3) is 0.448. The molecule has 1 fully saturated rings. The van der Waals surface area contributed by atoms with Crippen LogP contribution in [0.15, 0.2) is 53.6 Å². The van der Waals surface area contributed by atoms with Crippen molar-refractivity contribution in [3.8, 4) is 11.5 Å². The lowest BCUT2D eigenvalue weighted by Gasteiger charge is -2.41. The third kappa shape index (κ3) is 6.90. The minimum absolute atomic E-state index is 0.0438. The summed E-state index contributed by atoms with van der Waals surface area (Å²) < 4.78 is 26.5. The van der Waals surface area contributed by atoms with Crippen molar-refractivity contribution in [2.24, 2.45) is 5.41 Å². The predicted molar refractivity (Wildman–Crippen MR) is 150 cm³/mol. The van der Waals surface area contributed by atoms with Crippen molar-refractivity contribution in [2.45, 2.75) is 43.2 Å². The van der Waals surface area contributed by atoms with Crippen LogP contribution in [0.3, 0.4) is 0 Å². The number of halogens is 2. The van der Waals surface area contributed by atoms with Gasteiger partial charge in [0.25, 0.3) is 0 Å². The molecule has 1 aliphatic heterocycles. The molecule has 0 amide bonds. The lowest BCUT2D eigenvalue weighted by molar-refractivity contribution is -0.141. The number of aromatic nitrogens is 1. The molecular formula is C29H34ClFN2O4S. The van der Waals surface area contributed by atoms with Crippen molar-refractivity contribution in [1.82, 2.24) is 9.88 Å². The van der Waals surface area contributed by atoms with Crippen LogP contribution < -0.4 is 9.47 Å². The molecule has 3 aromatic rings. The van der Waals surface area contributed by atoms with Crippen molar-refractivity contribution in [3.05, 3.63) is 59.2 Å². The summed E-state index contributed by atoms with van der Waals surface area (Å²) in [5.41, 5.74) is 0.606. The van der Waals surface area contributed by atoms with Gasteiger partial charge in [0.05, 0.1) is 31.2 Å². The highest BCUT2D eigenvalue weighted by molar-refractivity contribution is 7.99. The fourth-order valence-corrected chi connectivity index (χ4v) is 6.61. The van der Waals surface area contributed by atoms with Crippen LogP contribution in [0.2, 0.25) is 5.02 Å². The molecule has 9 heteroatoms. The number of benzene rings is 2. The number of carboxylic acids is 1. The summed E-state index contributed by atoms with van der Waals surface area (Å²) in [5.74, 6) is 1.56. The number of likely N-dealkylation sites (tertiary alicyclic amines) is 1. The Bertz CT molecular complexity index is 1250. The number of para-hydroxylation sites is 1. The van der Waals surface area contributed by atoms with Gasteiger partial charge in [-0.05, 0) is 74.5 Å². The number of pyridine rings is 1. The largest absolute Gasteiger partial charge is 0.497 e. The van der Waals surface area contributed by atoms with Gasteiger partial charge in [-0.3, -0.25) is 9.78 Å². The standard InChI is InChI=1S/C29H34ClFN2O4S/c1-36-20-7-8-24-21(17-20)28(22(30)19-32-24)23(31)9-10-29(18-27(34)35)11-13-33(14-12-29)15-16-38-26-6-4-3-5-25(26)37-2/h3-8,17,19,23H,9-16,18H2,1-2H3,(H,34,35)/t23-/m1/s1. The number of methoxy groups -OCH3 is 2. The average molecular weight is 561 g/mol. The van der Waals surface area contributed by atoms with E-state index in [9.17, 15) is 9.90 Å². The van der Waals surface area contributed by atoms with E-state index in [1.54, 1.807) is 44.2 Å². The smallest absolute Gasteiger partial charge is 0.303 e. The van der Waals surface area contributed by atoms with Gasteiger partial charge in [0, 0.05) is 34.3 Å². The highest BCUT2D eigenvalue weighted by atomic mass is 35.5. The van der Waals surface area contributed by atoms with E-state index in [-0.39, 0.29) is 17.9 Å². The zero-order valence-electron chi connectivity index (χ0n) is 21.8. The van der Waals surface area contributed by atoms with Gasteiger partial charge < -0.3 is 19.5 Å². The average Bonchev–Trinajstić information content (AvgIpc) is 2.92. The number of rotatable bonds is 12. The number of hydrogen-bond acceptors (Lipinski definition) is 6. The highest BCUT2D eigenvalue weighted by Crippen LogP contribution is 2.44. The first-order chi connectivity index (χ1) is 18.3. The second-order valence-electron chi connectivity index (χ2n) is 9.82. The SMILES string of the molecule is COc1ccc2ncc(Cl)c([C@H](F)CCC3(CC(=O)O)CCN(CCSc4ccccc4OC)CC3)c2c1. The van der Waals surface area contributed by atoms with Gasteiger partial charge in [-0.2, -0.15) is 0 Å². The van der Waals surface area contributed by atoms with Crippen LogP contribution in [0.25, 0.3) is 10.9 Å². The Morgan fingerprint density at radius 3 is 2.68 bits per heavy atom. The van der Waals surface area contributed by atoms with Crippen LogP contribution in [0, 0.1) is 5.41 Å². The molecule has 2 aromatic carbocycles. The van der Waals surface area contributed by atoms with E-state index in [0.29, 0.717) is 28.6 Å². The second kappa shape index (κ2) is 13.0. The third-order valence-electron chi connectivity index (χ3n) is 7.49. The number of alkyl halides is 1. The minimum Gasteiger partial charge on any atom is -0.497 e. The molecule has 0 spiro atoms. The molecule has 0 radical (unpaired) electrons. The summed E-state index contributed by atoms with van der Waals surface area (Å²) in [6.45, 7) is 2.50. The number of carbonyl (C=O) groups is 1. The van der Waals surface area contributed by atoms with Gasteiger partial charge >= 0.3 is 5.97 Å². The van der Waals surface area contributed by atoms with Crippen molar-refractivity contribution < 1.29 is 23.8 Å². The zero-order chi connectivity index (χ0) is 27.1. The lowest BCUT2D eigenvalue weighted by Crippen LogP contribution is -2.42. The van der Waals surface area contributed by atoms with E-state index in [1.807, 2.05) is 18.2 Å². The Balaban J connectivity index is 1.38. The number of thioether (sulfide) groups is 1. The maximum Gasteiger partial charge on any atom is 0.303 e. The molecule has 2 heterocycles. The molecule has 1 aromatic heterocycles. The first kappa shape index (κ1) is 28.5. The van der Waals surface area contributed by atoms with Crippen LogP contribution >= 0.6 is 23.4 Å².